The van der Waals surface area contributed by atoms with E-state index in [9.17, 15) is 9.90 Å². The van der Waals surface area contributed by atoms with Crippen LogP contribution >= 0.6 is 11.8 Å². The normalized spacial score (nSPS) is 25.6. The maximum Gasteiger partial charge on any atom is 0.324 e. The zero-order valence-corrected chi connectivity index (χ0v) is 10.7. The van der Waals surface area contributed by atoms with Crippen molar-refractivity contribution in [2.45, 2.75) is 62.3 Å². The Morgan fingerprint density at radius 2 is 2.00 bits per heavy atom. The van der Waals surface area contributed by atoms with E-state index in [1.54, 1.807) is 0 Å². The molecule has 0 amide bonds. The number of nitrogens with one attached hydrogen (secondary N) is 1. The zero-order valence-electron chi connectivity index (χ0n) is 9.87. The van der Waals surface area contributed by atoms with Crippen molar-refractivity contribution in [1.82, 2.24) is 5.32 Å². The molecule has 1 unspecified atom stereocenters. The van der Waals surface area contributed by atoms with Crippen molar-refractivity contribution in [3.63, 3.8) is 0 Å². The minimum atomic E-state index is -0.728. The van der Waals surface area contributed by atoms with Gasteiger partial charge in [0.2, 0.25) is 0 Å². The summed E-state index contributed by atoms with van der Waals surface area (Å²) in [5, 5.41) is 13.3. The van der Waals surface area contributed by atoms with E-state index in [1.807, 2.05) is 18.7 Å². The number of aliphatic carboxylic acids is 1. The molecule has 1 atom stereocenters. The van der Waals surface area contributed by atoms with Gasteiger partial charge in [-0.15, -0.1) is 0 Å². The monoisotopic (exact) mass is 243 g/mol. The summed E-state index contributed by atoms with van der Waals surface area (Å²) in [6.07, 6.45) is 7.44. The standard InChI is InChI=1S/C12H21NO2S/c1-12(11(14)15,13-9-6-7-9)8-16-10-4-2-3-5-10/h9-10,13H,2-8H2,1H3,(H,14,15). The molecular weight excluding hydrogens is 222 g/mol. The second-order valence-corrected chi connectivity index (χ2v) is 6.56. The minimum absolute atomic E-state index is 0.449. The highest BCUT2D eigenvalue weighted by Gasteiger charge is 2.39. The molecule has 4 heteroatoms. The molecule has 0 aromatic heterocycles. The summed E-state index contributed by atoms with van der Waals surface area (Å²) in [5.41, 5.74) is -0.728. The Hall–Kier alpha value is -0.220. The first-order chi connectivity index (χ1) is 7.60. The highest BCUT2D eigenvalue weighted by molar-refractivity contribution is 8.00. The summed E-state index contributed by atoms with van der Waals surface area (Å²) in [5.74, 6) is -0.00588. The molecule has 0 saturated heterocycles. The van der Waals surface area contributed by atoms with E-state index in [2.05, 4.69) is 5.32 Å². The number of carboxylic acids is 1. The number of hydrogen-bond acceptors (Lipinski definition) is 3. The fraction of sp³-hybridized carbons (Fsp3) is 0.917. The van der Waals surface area contributed by atoms with E-state index in [-0.39, 0.29) is 0 Å². The summed E-state index contributed by atoms with van der Waals surface area (Å²) < 4.78 is 0. The Morgan fingerprint density at radius 1 is 1.38 bits per heavy atom. The van der Waals surface area contributed by atoms with E-state index < -0.39 is 11.5 Å². The van der Waals surface area contributed by atoms with Gasteiger partial charge in [0.15, 0.2) is 0 Å². The van der Waals surface area contributed by atoms with Gasteiger partial charge < -0.3 is 5.11 Å². The predicted molar refractivity (Wildman–Crippen MR) is 66.9 cm³/mol. The topological polar surface area (TPSA) is 49.3 Å². The van der Waals surface area contributed by atoms with Gasteiger partial charge in [0, 0.05) is 17.0 Å². The van der Waals surface area contributed by atoms with Crippen LogP contribution in [0.2, 0.25) is 0 Å². The molecule has 0 aromatic carbocycles. The molecule has 0 spiro atoms. The van der Waals surface area contributed by atoms with Gasteiger partial charge in [-0.1, -0.05) is 12.8 Å². The van der Waals surface area contributed by atoms with Crippen molar-refractivity contribution >= 4 is 17.7 Å². The van der Waals surface area contributed by atoms with E-state index in [0.717, 1.165) is 12.8 Å². The van der Waals surface area contributed by atoms with Crippen LogP contribution in [0.4, 0.5) is 0 Å². The molecule has 2 aliphatic carbocycles. The Kier molecular flexibility index (Phi) is 3.80. The van der Waals surface area contributed by atoms with Crippen LogP contribution in [0.15, 0.2) is 0 Å². The lowest BCUT2D eigenvalue weighted by atomic mass is 10.1. The van der Waals surface area contributed by atoms with Crippen LogP contribution in [0.25, 0.3) is 0 Å². The van der Waals surface area contributed by atoms with Crippen molar-refractivity contribution in [2.24, 2.45) is 0 Å². The van der Waals surface area contributed by atoms with E-state index in [4.69, 9.17) is 0 Å². The third-order valence-electron chi connectivity index (χ3n) is 3.48. The molecule has 2 saturated carbocycles. The van der Waals surface area contributed by atoms with Gasteiger partial charge >= 0.3 is 5.97 Å². The van der Waals surface area contributed by atoms with Gasteiger partial charge in [0.05, 0.1) is 0 Å². The van der Waals surface area contributed by atoms with Gasteiger partial charge in [-0.3, -0.25) is 10.1 Å². The molecule has 0 aliphatic heterocycles. The SMILES string of the molecule is CC(CSC1CCCC1)(NC1CC1)C(=O)O. The number of carbonyl (C=O) groups is 1. The molecule has 0 aromatic rings. The summed E-state index contributed by atoms with van der Waals surface area (Å²) >= 11 is 1.85. The van der Waals surface area contributed by atoms with Crippen LogP contribution in [0.3, 0.4) is 0 Å². The molecule has 2 N–H and O–H groups in total. The van der Waals surface area contributed by atoms with E-state index >= 15 is 0 Å². The molecule has 0 bridgehead atoms. The van der Waals surface area contributed by atoms with Crippen molar-refractivity contribution in [1.29, 1.82) is 0 Å². The molecule has 0 radical (unpaired) electrons. The fourth-order valence-corrected chi connectivity index (χ4v) is 3.63. The minimum Gasteiger partial charge on any atom is -0.480 e. The molecule has 16 heavy (non-hydrogen) atoms. The maximum atomic E-state index is 11.3. The molecule has 92 valence electrons. The lowest BCUT2D eigenvalue weighted by Crippen LogP contribution is -2.52. The average Bonchev–Trinajstić information content (AvgIpc) is 2.89. The highest BCUT2D eigenvalue weighted by Crippen LogP contribution is 2.32. The van der Waals surface area contributed by atoms with Crippen molar-refractivity contribution < 1.29 is 9.90 Å². The summed E-state index contributed by atoms with van der Waals surface area (Å²) in [7, 11) is 0. The molecule has 2 fully saturated rings. The van der Waals surface area contributed by atoms with Gasteiger partial charge in [-0.2, -0.15) is 11.8 Å². The van der Waals surface area contributed by atoms with E-state index in [0.29, 0.717) is 17.0 Å². The lowest BCUT2D eigenvalue weighted by Gasteiger charge is -2.27. The number of rotatable bonds is 6. The Bertz CT molecular complexity index is 262. The number of hydrogen-bond donors (Lipinski definition) is 2. The van der Waals surface area contributed by atoms with Crippen LogP contribution in [0.1, 0.15) is 45.4 Å². The number of carboxylic acid groups (broad SMARTS) is 1. The Balaban J connectivity index is 1.82. The fourth-order valence-electron chi connectivity index (χ4n) is 2.18. The maximum absolute atomic E-state index is 11.3. The van der Waals surface area contributed by atoms with Gasteiger partial charge in [-0.25, -0.2) is 0 Å². The third-order valence-corrected chi connectivity index (χ3v) is 5.17. The summed E-state index contributed by atoms with van der Waals surface area (Å²) in [6, 6.07) is 0.449. The van der Waals surface area contributed by atoms with Crippen LogP contribution in [0.5, 0.6) is 0 Å². The van der Waals surface area contributed by atoms with Crippen LogP contribution in [0, 0.1) is 0 Å². The Morgan fingerprint density at radius 3 is 2.50 bits per heavy atom. The molecule has 0 heterocycles. The second-order valence-electron chi connectivity index (χ2n) is 5.27. The summed E-state index contributed by atoms with van der Waals surface area (Å²) in [4.78, 5) is 11.3. The molecule has 2 aliphatic rings. The highest BCUT2D eigenvalue weighted by atomic mass is 32.2. The van der Waals surface area contributed by atoms with Gasteiger partial charge in [0.25, 0.3) is 0 Å². The van der Waals surface area contributed by atoms with Gasteiger partial charge in [-0.05, 0) is 32.6 Å². The third kappa shape index (κ3) is 3.14. The molecule has 3 nitrogen and oxygen atoms in total. The predicted octanol–water partition coefficient (Wildman–Crippen LogP) is 2.26. The van der Waals surface area contributed by atoms with E-state index in [1.165, 1.54) is 25.7 Å². The van der Waals surface area contributed by atoms with Gasteiger partial charge in [0.1, 0.15) is 5.54 Å². The first-order valence-electron chi connectivity index (χ1n) is 6.23. The van der Waals surface area contributed by atoms with Crippen molar-refractivity contribution in [3.8, 4) is 0 Å². The first kappa shape index (κ1) is 12.2. The largest absolute Gasteiger partial charge is 0.480 e. The van der Waals surface area contributed by atoms with Crippen LogP contribution < -0.4 is 5.32 Å². The zero-order chi connectivity index (χ0) is 11.6. The molecular formula is C12H21NO2S. The lowest BCUT2D eigenvalue weighted by molar-refractivity contribution is -0.143. The first-order valence-corrected chi connectivity index (χ1v) is 7.28. The van der Waals surface area contributed by atoms with Crippen LogP contribution in [-0.2, 0) is 4.79 Å². The quantitative estimate of drug-likeness (QED) is 0.751. The summed E-state index contributed by atoms with van der Waals surface area (Å²) in [6.45, 7) is 1.83. The second kappa shape index (κ2) is 4.96. The van der Waals surface area contributed by atoms with Crippen molar-refractivity contribution in [3.05, 3.63) is 0 Å². The Labute approximate surface area is 101 Å². The number of thioether (sulfide) groups is 1. The average molecular weight is 243 g/mol. The molecule has 2 rings (SSSR count). The van der Waals surface area contributed by atoms with Crippen molar-refractivity contribution in [2.75, 3.05) is 5.75 Å². The van der Waals surface area contributed by atoms with Crippen LogP contribution in [-0.4, -0.2) is 33.7 Å². The smallest absolute Gasteiger partial charge is 0.324 e.